The highest BCUT2D eigenvalue weighted by molar-refractivity contribution is 7.94. The van der Waals surface area contributed by atoms with Gasteiger partial charge in [-0.05, 0) is 99.7 Å². The highest BCUT2D eigenvalue weighted by Crippen LogP contribution is 2.66. The lowest BCUT2D eigenvalue weighted by molar-refractivity contribution is -0.433. The van der Waals surface area contributed by atoms with E-state index in [0.29, 0.717) is 36.9 Å². The number of carbonyl (C=O) groups is 2. The van der Waals surface area contributed by atoms with Gasteiger partial charge in [-0.2, -0.15) is 21.6 Å². The molecule has 3 aliphatic rings. The minimum Gasteiger partial charge on any atom is -0.462 e. The van der Waals surface area contributed by atoms with Gasteiger partial charge >= 0.3 is 35.1 Å². The zero-order valence-electron chi connectivity index (χ0n) is 47.2. The molecule has 2 unspecified atom stereocenters. The molecule has 1 saturated heterocycles. The van der Waals surface area contributed by atoms with E-state index in [2.05, 4.69) is 81.0 Å². The van der Waals surface area contributed by atoms with Crippen LogP contribution >= 0.6 is 35.5 Å². The topological polar surface area (TPSA) is 414 Å². The summed E-state index contributed by atoms with van der Waals surface area (Å²) >= 11 is 0.897. The Morgan fingerprint density at radius 3 is 2.36 bits per heavy atom. The number of nitrogens with zero attached hydrogens (tertiary/aromatic N) is 3. The van der Waals surface area contributed by atoms with Crippen LogP contribution in [0.15, 0.2) is 122 Å². The molecular weight excluding hydrogens is 1250 g/mol. The second-order valence-corrected chi connectivity index (χ2v) is 27.3. The smallest absolute Gasteiger partial charge is 0.462 e. The van der Waals surface area contributed by atoms with E-state index in [0.717, 1.165) is 68.2 Å². The molecule has 4 aromatic rings. The Kier molecular flexibility index (Phi) is 22.5. The Labute approximate surface area is 502 Å². The number of aromatic amines is 1. The van der Waals surface area contributed by atoms with Gasteiger partial charge in [0.2, 0.25) is 11.6 Å². The molecule has 0 saturated carbocycles. The van der Waals surface area contributed by atoms with Gasteiger partial charge in [0.15, 0.2) is 5.71 Å². The number of fused-ring (bicyclic) bond motifs is 2. The summed E-state index contributed by atoms with van der Waals surface area (Å²) in [6.45, 7) is 10.3. The zero-order chi connectivity index (χ0) is 63.7. The summed E-state index contributed by atoms with van der Waals surface area (Å²) in [5.41, 5.74) is 3.46. The minimum absolute atomic E-state index is 0.0841. The number of nitrogens with two attached hydrogens (primary N) is 1. The van der Waals surface area contributed by atoms with Crippen molar-refractivity contribution in [1.29, 1.82) is 0 Å². The lowest BCUT2D eigenvalue weighted by atomic mass is 9.81. The Morgan fingerprint density at radius 2 is 1.68 bits per heavy atom. The van der Waals surface area contributed by atoms with Crippen LogP contribution < -0.4 is 27.4 Å². The van der Waals surface area contributed by atoms with Crippen LogP contribution in [0.2, 0.25) is 0 Å². The molecule has 4 heterocycles. The average molecular weight is 1310 g/mol. The monoisotopic (exact) mass is 1310 g/mol. The van der Waals surface area contributed by atoms with Crippen molar-refractivity contribution < 1.29 is 102 Å². The summed E-state index contributed by atoms with van der Waals surface area (Å²) in [4.78, 5) is 97.0. The first-order valence-corrected chi connectivity index (χ1v) is 33.1. The van der Waals surface area contributed by atoms with Gasteiger partial charge in [-0.15, -0.1) is 4.33 Å². The van der Waals surface area contributed by atoms with Crippen molar-refractivity contribution >= 4 is 74.6 Å². The number of H-pyrrole nitrogens is 1. The van der Waals surface area contributed by atoms with Gasteiger partial charge in [0.05, 0.1) is 47.7 Å². The molecule has 1 aromatic heterocycles. The lowest BCUT2D eigenvalue weighted by Gasteiger charge is -2.27. The molecule has 5 atom stereocenters. The molecular formula is C53H64N6O23P3S2+. The van der Waals surface area contributed by atoms with Crippen LogP contribution in [0.25, 0.3) is 0 Å². The average Bonchev–Trinajstić information content (AvgIpc) is 1.62. The van der Waals surface area contributed by atoms with Gasteiger partial charge in [-0.3, -0.25) is 33.1 Å². The maximum Gasteiger partial charge on any atom is 0.490 e. The van der Waals surface area contributed by atoms with Crippen LogP contribution in [-0.4, -0.2) is 108 Å². The van der Waals surface area contributed by atoms with Crippen molar-refractivity contribution in [3.63, 3.8) is 0 Å². The first kappa shape index (κ1) is 68.5. The standard InChI is InChI=1S/C53H63N6O23P3S2/c1-6-57-41-24-22-37(86-80-79-64)28-39(41)52(2,3)45(57)15-9-7-10-16-46-53(4,5)40-29-38(87(72,73)74)23-25-42(40)58(46)31-34-18-20-35(21-19-34)50(62)75-27-12-8-11-17-47(60)55-26-13-14-36-32-59(51(63)56-49(36)61)48-30-43(78-54)44(77-48)33-76-84(68,69)82-85(70,71)81-83(65,66)67/h7,9-10,15-16,18-25,28-29,32,43-44,48H,6,8,11-12,17,26-27,30-31,33,54H2,1-5H3,(H7-,55,56,60,61,63,64,65,66,67,68,69,70,71,72,73,74)/p+1/t43-,44-,48-/m1/s1. The quantitative estimate of drug-likeness (QED) is 0.00299. The summed E-state index contributed by atoms with van der Waals surface area (Å²) < 4.78 is 100. The van der Waals surface area contributed by atoms with Crippen molar-refractivity contribution in [3.05, 3.63) is 152 Å². The van der Waals surface area contributed by atoms with E-state index < -0.39 is 81.3 Å². The van der Waals surface area contributed by atoms with Gasteiger partial charge in [0, 0.05) is 65.0 Å². The van der Waals surface area contributed by atoms with Gasteiger partial charge < -0.3 is 39.3 Å². The number of aromatic nitrogens is 2. The van der Waals surface area contributed by atoms with Gasteiger partial charge in [-0.1, -0.05) is 61.1 Å². The highest BCUT2D eigenvalue weighted by Gasteiger charge is 2.46. The normalized spacial score (nSPS) is 19.9. The molecule has 0 bridgehead atoms. The molecule has 34 heteroatoms. The number of phosphoric ester groups is 1. The molecule has 1 amide bonds. The summed E-state index contributed by atoms with van der Waals surface area (Å²) in [5, 5.41) is 15.0. The largest absolute Gasteiger partial charge is 0.490 e. The minimum atomic E-state index is -5.81. The number of carbonyl (C=O) groups excluding carboxylic acids is 2. The summed E-state index contributed by atoms with van der Waals surface area (Å²) in [6, 6.07) is 17.3. The Balaban J connectivity index is 0.883. The number of ether oxygens (including phenoxy) is 2. The van der Waals surface area contributed by atoms with Crippen LogP contribution in [0.3, 0.4) is 0 Å². The molecule has 7 rings (SSSR count). The molecule has 87 heavy (non-hydrogen) atoms. The molecule has 0 aliphatic carbocycles. The number of nitrogens with one attached hydrogen (secondary N) is 2. The molecule has 3 aliphatic heterocycles. The molecule has 3 aromatic carbocycles. The maximum atomic E-state index is 13.1. The third-order valence-electron chi connectivity index (χ3n) is 14.1. The van der Waals surface area contributed by atoms with Gasteiger partial charge in [-0.25, -0.2) is 34.4 Å². The first-order valence-electron chi connectivity index (χ1n) is 26.4. The number of esters is 1. The second kappa shape index (κ2) is 28.6. The number of anilines is 1. The van der Waals surface area contributed by atoms with E-state index in [1.165, 1.54) is 12.1 Å². The maximum absolute atomic E-state index is 13.1. The van der Waals surface area contributed by atoms with E-state index >= 15 is 0 Å². The summed E-state index contributed by atoms with van der Waals surface area (Å²) in [6.07, 6.45) is 8.43. The molecule has 470 valence electrons. The molecule has 1 fully saturated rings. The number of amides is 1. The first-order chi connectivity index (χ1) is 40.9. The molecule has 0 spiro atoms. The lowest BCUT2D eigenvalue weighted by Crippen LogP contribution is -2.34. The Hall–Kier alpha value is -6.04. The Bertz CT molecular complexity index is 3830. The zero-order valence-corrected chi connectivity index (χ0v) is 51.6. The van der Waals surface area contributed by atoms with E-state index in [-0.39, 0.29) is 47.8 Å². The number of rotatable bonds is 27. The van der Waals surface area contributed by atoms with Crippen molar-refractivity contribution in [2.24, 2.45) is 5.90 Å². The fraction of sp³-hybridized carbons (Fsp3) is 0.377. The third-order valence-corrected chi connectivity index (χ3v) is 19.3. The highest BCUT2D eigenvalue weighted by atomic mass is 32.2. The Morgan fingerprint density at radius 1 is 0.943 bits per heavy atom. The van der Waals surface area contributed by atoms with Gasteiger partial charge in [0.1, 0.15) is 30.5 Å². The fourth-order valence-corrected chi connectivity index (χ4v) is 13.9. The van der Waals surface area contributed by atoms with E-state index in [1.807, 2.05) is 56.4 Å². The number of phosphoric acid groups is 3. The number of hydrogen-bond acceptors (Lipinski definition) is 21. The van der Waals surface area contributed by atoms with Crippen molar-refractivity contribution in [1.82, 2.24) is 14.9 Å². The van der Waals surface area contributed by atoms with Crippen LogP contribution in [0.1, 0.15) is 106 Å². The summed E-state index contributed by atoms with van der Waals surface area (Å²) in [7, 11) is -21.5. The van der Waals surface area contributed by atoms with Crippen LogP contribution in [-0.2, 0) is 82.8 Å². The van der Waals surface area contributed by atoms with E-state index in [9.17, 15) is 55.6 Å². The van der Waals surface area contributed by atoms with Crippen molar-refractivity contribution in [2.45, 2.75) is 112 Å². The number of hydrogen-bond donors (Lipinski definition) is 9. The number of benzene rings is 3. The van der Waals surface area contributed by atoms with Crippen LogP contribution in [0, 0.1) is 11.8 Å². The molecule has 0 radical (unpaired) electrons. The van der Waals surface area contributed by atoms with Crippen molar-refractivity contribution in [2.75, 3.05) is 31.2 Å². The van der Waals surface area contributed by atoms with Gasteiger partial charge in [0.25, 0.3) is 15.7 Å². The fourth-order valence-electron chi connectivity index (χ4n) is 9.98. The van der Waals surface area contributed by atoms with E-state index in [4.69, 9.17) is 35.3 Å². The third kappa shape index (κ3) is 17.6. The predicted molar refractivity (Wildman–Crippen MR) is 311 cm³/mol. The van der Waals surface area contributed by atoms with Crippen LogP contribution in [0.4, 0.5) is 11.4 Å². The molecule has 29 nitrogen and oxygen atoms in total. The summed E-state index contributed by atoms with van der Waals surface area (Å²) in [5.74, 6) is 9.57. The number of unbranched alkanes of at least 4 members (excludes halogenated alkanes) is 2. The molecule has 10 N–H and O–H groups in total. The predicted octanol–water partition coefficient (Wildman–Crippen LogP) is 6.38. The van der Waals surface area contributed by atoms with E-state index in [1.54, 1.807) is 30.3 Å². The second-order valence-electron chi connectivity index (χ2n) is 20.7. The SMILES string of the molecule is CC[N+]1=C(/C=C/C=C/C=C2/N(Cc3ccc(C(=O)OCCCCCC(=O)NCC#Cc4cn([C@H]5C[C@@H](ON)[C@@H](COP(=O)(O)OP(=O)(O)OP(=O)(O)O)O5)c(=O)[nH]c4=O)cc3)c3ccc(S(=O)(=O)O)cc3C2(C)C)C(C)(C)c2cc(SOOO)ccc21. The van der Waals surface area contributed by atoms with Crippen molar-refractivity contribution in [3.8, 4) is 11.8 Å². The van der Waals surface area contributed by atoms with Crippen LogP contribution in [0.5, 0.6) is 0 Å². The number of allylic oxidation sites excluding steroid dienone is 6.